The first kappa shape index (κ1) is 12.2. The molecule has 2 aromatic carbocycles. The number of benzene rings is 2. The van der Waals surface area contributed by atoms with Crippen molar-refractivity contribution in [3.05, 3.63) is 39.9 Å². The second kappa shape index (κ2) is 4.06. The van der Waals surface area contributed by atoms with Crippen LogP contribution in [0.5, 0.6) is 0 Å². The molecule has 96 valence electrons. The van der Waals surface area contributed by atoms with E-state index in [1.54, 1.807) is 31.2 Å². The number of hydrogen-bond acceptors (Lipinski definition) is 3. The maximum Gasteiger partial charge on any atom is 0.261 e. The maximum atomic E-state index is 12.3. The summed E-state index contributed by atoms with van der Waals surface area (Å²) in [7, 11) is 0. The molecule has 3 rings (SSSR count). The van der Waals surface area contributed by atoms with Crippen LogP contribution < -0.4 is 5.73 Å². The van der Waals surface area contributed by atoms with Crippen molar-refractivity contribution in [1.29, 1.82) is 0 Å². The maximum absolute atomic E-state index is 12.3. The van der Waals surface area contributed by atoms with Crippen LogP contribution in [0, 0.1) is 0 Å². The average Bonchev–Trinajstić information content (AvgIpc) is 2.38. The lowest BCUT2D eigenvalue weighted by Crippen LogP contribution is -2.40. The van der Waals surface area contributed by atoms with Gasteiger partial charge >= 0.3 is 0 Å². The molecule has 1 aliphatic heterocycles. The molecule has 1 aliphatic rings. The van der Waals surface area contributed by atoms with E-state index in [2.05, 4.69) is 15.9 Å². The molecule has 1 heterocycles. The zero-order chi connectivity index (χ0) is 13.7. The molecule has 2 N–H and O–H groups in total. The Kier molecular flexibility index (Phi) is 2.60. The molecule has 0 aliphatic carbocycles. The van der Waals surface area contributed by atoms with Crippen LogP contribution in [0.2, 0.25) is 0 Å². The van der Waals surface area contributed by atoms with Crippen molar-refractivity contribution in [2.75, 3.05) is 12.3 Å². The Bertz CT molecular complexity index is 683. The molecule has 0 aromatic heterocycles. The van der Waals surface area contributed by atoms with E-state index in [1.165, 1.54) is 4.90 Å². The number of hydrogen-bond donors (Lipinski definition) is 1. The topological polar surface area (TPSA) is 63.4 Å². The third-order valence-electron chi connectivity index (χ3n) is 3.41. The Labute approximate surface area is 118 Å². The number of nitrogen functional groups attached to an aromatic ring is 1. The van der Waals surface area contributed by atoms with Crippen LogP contribution in [0.1, 0.15) is 27.6 Å². The summed E-state index contributed by atoms with van der Waals surface area (Å²) in [4.78, 5) is 25.9. The van der Waals surface area contributed by atoms with Gasteiger partial charge in [0.1, 0.15) is 0 Å². The van der Waals surface area contributed by atoms with Gasteiger partial charge in [-0.25, -0.2) is 0 Å². The largest absolute Gasteiger partial charge is 0.398 e. The van der Waals surface area contributed by atoms with Crippen molar-refractivity contribution in [3.63, 3.8) is 0 Å². The van der Waals surface area contributed by atoms with Gasteiger partial charge in [0, 0.05) is 38.6 Å². The molecular weight excluding hydrogens is 308 g/mol. The molecule has 19 heavy (non-hydrogen) atoms. The molecule has 4 nitrogen and oxygen atoms in total. The Morgan fingerprint density at radius 2 is 1.63 bits per heavy atom. The van der Waals surface area contributed by atoms with E-state index in [-0.39, 0.29) is 11.8 Å². The smallest absolute Gasteiger partial charge is 0.261 e. The minimum absolute atomic E-state index is 0.261. The molecule has 0 spiro atoms. The number of carbonyl (C=O) groups is 2. The van der Waals surface area contributed by atoms with Gasteiger partial charge in [0.25, 0.3) is 11.8 Å². The number of carbonyl (C=O) groups excluding carboxylic acids is 2. The minimum atomic E-state index is -0.261. The lowest BCUT2D eigenvalue weighted by atomic mass is 9.93. The molecule has 0 radical (unpaired) electrons. The van der Waals surface area contributed by atoms with Crippen molar-refractivity contribution < 1.29 is 9.59 Å². The zero-order valence-corrected chi connectivity index (χ0v) is 11.8. The first-order chi connectivity index (χ1) is 9.06. The normalized spacial score (nSPS) is 14.3. The molecule has 0 bridgehead atoms. The Morgan fingerprint density at radius 3 is 2.21 bits per heavy atom. The summed E-state index contributed by atoms with van der Waals surface area (Å²) in [5, 5.41) is 1.38. The Hall–Kier alpha value is -1.88. The van der Waals surface area contributed by atoms with E-state index in [0.29, 0.717) is 28.7 Å². The number of imide groups is 1. The minimum Gasteiger partial charge on any atom is -0.398 e. The van der Waals surface area contributed by atoms with Crippen LogP contribution in [-0.2, 0) is 0 Å². The van der Waals surface area contributed by atoms with Crippen molar-refractivity contribution in [1.82, 2.24) is 4.90 Å². The summed E-state index contributed by atoms with van der Waals surface area (Å²) < 4.78 is 0.788. The lowest BCUT2D eigenvalue weighted by molar-refractivity contribution is 0.0619. The highest BCUT2D eigenvalue weighted by molar-refractivity contribution is 9.10. The van der Waals surface area contributed by atoms with Crippen LogP contribution in [0.25, 0.3) is 10.8 Å². The zero-order valence-electron chi connectivity index (χ0n) is 10.2. The Balaban J connectivity index is 2.50. The predicted octanol–water partition coefficient (Wildman–Crippen LogP) is 2.80. The number of anilines is 1. The highest BCUT2D eigenvalue weighted by Gasteiger charge is 2.32. The van der Waals surface area contributed by atoms with E-state index in [1.807, 2.05) is 0 Å². The first-order valence-corrected chi connectivity index (χ1v) is 6.72. The molecule has 2 aromatic rings. The second-order valence-electron chi connectivity index (χ2n) is 4.40. The predicted molar refractivity (Wildman–Crippen MR) is 77.1 cm³/mol. The van der Waals surface area contributed by atoms with E-state index in [9.17, 15) is 9.59 Å². The summed E-state index contributed by atoms with van der Waals surface area (Å²) in [6.45, 7) is 2.15. The van der Waals surface area contributed by atoms with Gasteiger partial charge in [-0.3, -0.25) is 14.5 Å². The van der Waals surface area contributed by atoms with Gasteiger partial charge in [0.2, 0.25) is 0 Å². The van der Waals surface area contributed by atoms with Crippen molar-refractivity contribution in [2.24, 2.45) is 0 Å². The van der Waals surface area contributed by atoms with Gasteiger partial charge in [0.15, 0.2) is 0 Å². The third-order valence-corrected chi connectivity index (χ3v) is 4.07. The first-order valence-electron chi connectivity index (χ1n) is 5.93. The van der Waals surface area contributed by atoms with Gasteiger partial charge in [-0.1, -0.05) is 15.9 Å². The molecule has 0 fully saturated rings. The van der Waals surface area contributed by atoms with Gasteiger partial charge in [-0.05, 0) is 31.2 Å². The van der Waals surface area contributed by atoms with Crippen molar-refractivity contribution >= 4 is 44.2 Å². The lowest BCUT2D eigenvalue weighted by Gasteiger charge is -2.26. The number of nitrogens with two attached hydrogens (primary N) is 1. The quantitative estimate of drug-likeness (QED) is 0.649. The van der Waals surface area contributed by atoms with Crippen LogP contribution >= 0.6 is 15.9 Å². The van der Waals surface area contributed by atoms with Crippen LogP contribution in [-0.4, -0.2) is 23.3 Å². The monoisotopic (exact) mass is 318 g/mol. The van der Waals surface area contributed by atoms with Gasteiger partial charge in [-0.15, -0.1) is 0 Å². The highest BCUT2D eigenvalue weighted by atomic mass is 79.9. The molecule has 0 unspecified atom stereocenters. The molecule has 5 heteroatoms. The van der Waals surface area contributed by atoms with E-state index < -0.39 is 0 Å². The van der Waals surface area contributed by atoms with Gasteiger partial charge < -0.3 is 5.73 Å². The van der Waals surface area contributed by atoms with Crippen LogP contribution in [0.15, 0.2) is 28.7 Å². The highest BCUT2D eigenvalue weighted by Crippen LogP contribution is 2.37. The van der Waals surface area contributed by atoms with E-state index in [4.69, 9.17) is 5.73 Å². The number of halogens is 1. The average molecular weight is 319 g/mol. The van der Waals surface area contributed by atoms with Gasteiger partial charge in [0.05, 0.1) is 0 Å². The SMILES string of the molecule is CCN1C(=O)c2ccc(N)c3c(Br)ccc(c23)C1=O. The molecule has 2 amide bonds. The van der Waals surface area contributed by atoms with E-state index >= 15 is 0 Å². The van der Waals surface area contributed by atoms with Crippen molar-refractivity contribution in [3.8, 4) is 0 Å². The van der Waals surface area contributed by atoms with Gasteiger partial charge in [-0.2, -0.15) is 0 Å². The van der Waals surface area contributed by atoms with Crippen molar-refractivity contribution in [2.45, 2.75) is 6.92 Å². The Morgan fingerprint density at radius 1 is 1.05 bits per heavy atom. The number of rotatable bonds is 1. The summed E-state index contributed by atoms with van der Waals surface area (Å²) in [5.74, 6) is -0.522. The summed E-state index contributed by atoms with van der Waals surface area (Å²) >= 11 is 3.43. The third kappa shape index (κ3) is 1.51. The molecule has 0 atom stereocenters. The summed E-state index contributed by atoms with van der Waals surface area (Å²) in [6.07, 6.45) is 0. The fourth-order valence-corrected chi connectivity index (χ4v) is 3.07. The fraction of sp³-hybridized carbons (Fsp3) is 0.143. The van der Waals surface area contributed by atoms with Crippen LogP contribution in [0.3, 0.4) is 0 Å². The summed E-state index contributed by atoms with van der Waals surface area (Å²) in [6, 6.07) is 6.91. The molecular formula is C14H11BrN2O2. The summed E-state index contributed by atoms with van der Waals surface area (Å²) in [5.41, 5.74) is 7.58. The standard InChI is InChI=1S/C14H11BrN2O2/c1-2-17-13(18)7-3-5-9(15)12-10(16)6-4-8(11(7)12)14(17)19/h3-6H,2,16H2,1H3. The number of amides is 2. The number of nitrogens with zero attached hydrogens (tertiary/aromatic N) is 1. The fourth-order valence-electron chi connectivity index (χ4n) is 2.51. The molecule has 0 saturated heterocycles. The second-order valence-corrected chi connectivity index (χ2v) is 5.26. The molecule has 0 saturated carbocycles. The van der Waals surface area contributed by atoms with E-state index in [0.717, 1.165) is 9.86 Å². The van der Waals surface area contributed by atoms with Crippen LogP contribution in [0.4, 0.5) is 5.69 Å².